The number of halogens is 8. The number of hydrogen-bond donors (Lipinski definition) is 0. The van der Waals surface area contributed by atoms with Gasteiger partial charge in [-0.15, -0.1) is 0 Å². The number of ether oxygens (including phenoxy) is 1. The van der Waals surface area contributed by atoms with Crippen molar-refractivity contribution >= 4 is 5.97 Å². The third kappa shape index (κ3) is 2.91. The van der Waals surface area contributed by atoms with Crippen molar-refractivity contribution in [2.24, 2.45) is 0 Å². The van der Waals surface area contributed by atoms with Crippen LogP contribution < -0.4 is 0 Å². The molecule has 0 unspecified atom stereocenters. The van der Waals surface area contributed by atoms with Crippen molar-refractivity contribution in [3.63, 3.8) is 0 Å². The maximum atomic E-state index is 13.4. The minimum atomic E-state index is -2.50. The van der Waals surface area contributed by atoms with E-state index < -0.39 is 70.2 Å². The van der Waals surface area contributed by atoms with E-state index in [9.17, 15) is 39.9 Å². The molecule has 0 spiro atoms. The molecule has 0 amide bonds. The standard InChI is InChI=1S/C14H4F8O2/c15-5-1-2-6(16)8(17)4(5)3-24-14(23)7-9(18)11(20)13(22)12(21)10(7)19/h1-2H,3H2. The lowest BCUT2D eigenvalue weighted by atomic mass is 10.1. The molecule has 2 aromatic carbocycles. The summed E-state index contributed by atoms with van der Waals surface area (Å²) in [7, 11) is 0. The van der Waals surface area contributed by atoms with Crippen molar-refractivity contribution in [2.45, 2.75) is 6.61 Å². The quantitative estimate of drug-likeness (QED) is 0.357. The average Bonchev–Trinajstić information content (AvgIpc) is 2.55. The first-order chi connectivity index (χ1) is 11.2. The Balaban J connectivity index is 2.35. The highest BCUT2D eigenvalue weighted by Crippen LogP contribution is 2.24. The Kier molecular flexibility index (Phi) is 4.76. The molecule has 0 N–H and O–H groups in total. The first-order valence-corrected chi connectivity index (χ1v) is 5.97. The minimum Gasteiger partial charge on any atom is -0.457 e. The summed E-state index contributed by atoms with van der Waals surface area (Å²) in [6, 6.07) is 0.917. The molecule has 0 saturated heterocycles. The average molecular weight is 356 g/mol. The van der Waals surface area contributed by atoms with Crippen molar-refractivity contribution in [1.29, 1.82) is 0 Å². The van der Waals surface area contributed by atoms with Crippen molar-refractivity contribution in [2.75, 3.05) is 0 Å². The first kappa shape index (κ1) is 17.7. The SMILES string of the molecule is O=C(OCc1c(F)ccc(F)c1F)c1c(F)c(F)c(F)c(F)c1F. The third-order valence-electron chi connectivity index (χ3n) is 2.90. The van der Waals surface area contributed by atoms with Crippen LogP contribution in [0.1, 0.15) is 15.9 Å². The van der Waals surface area contributed by atoms with Gasteiger partial charge in [-0.05, 0) is 12.1 Å². The maximum absolute atomic E-state index is 13.4. The van der Waals surface area contributed by atoms with Gasteiger partial charge in [0.2, 0.25) is 5.82 Å². The second-order valence-corrected chi connectivity index (χ2v) is 4.34. The van der Waals surface area contributed by atoms with Gasteiger partial charge in [-0.3, -0.25) is 0 Å². The van der Waals surface area contributed by atoms with Crippen molar-refractivity contribution in [3.8, 4) is 0 Å². The predicted molar refractivity (Wildman–Crippen MR) is 61.7 cm³/mol. The summed E-state index contributed by atoms with van der Waals surface area (Å²) in [5.74, 6) is -18.9. The molecule has 0 heterocycles. The van der Waals surface area contributed by atoms with Gasteiger partial charge in [0.15, 0.2) is 34.9 Å². The Labute approximate surface area is 128 Å². The van der Waals surface area contributed by atoms with E-state index in [0.717, 1.165) is 0 Å². The fourth-order valence-corrected chi connectivity index (χ4v) is 1.70. The second kappa shape index (κ2) is 6.46. The molecule has 2 nitrogen and oxygen atoms in total. The van der Waals surface area contributed by atoms with Gasteiger partial charge in [0, 0.05) is 0 Å². The monoisotopic (exact) mass is 356 g/mol. The summed E-state index contributed by atoms with van der Waals surface area (Å²) in [5, 5.41) is 0. The molecule has 2 rings (SSSR count). The molecule has 2 aromatic rings. The molecule has 0 atom stereocenters. The van der Waals surface area contributed by atoms with Crippen LogP contribution in [0.15, 0.2) is 12.1 Å². The van der Waals surface area contributed by atoms with Gasteiger partial charge >= 0.3 is 5.97 Å². The zero-order chi connectivity index (χ0) is 18.2. The normalized spacial score (nSPS) is 10.8. The van der Waals surface area contributed by atoms with Crippen molar-refractivity contribution < 1.29 is 44.7 Å². The molecule has 0 fully saturated rings. The van der Waals surface area contributed by atoms with E-state index in [1.807, 2.05) is 0 Å². The van der Waals surface area contributed by atoms with Gasteiger partial charge in [-0.1, -0.05) is 0 Å². The largest absolute Gasteiger partial charge is 0.457 e. The van der Waals surface area contributed by atoms with Crippen LogP contribution in [0.3, 0.4) is 0 Å². The van der Waals surface area contributed by atoms with E-state index in [2.05, 4.69) is 4.74 Å². The molecular weight excluding hydrogens is 352 g/mol. The van der Waals surface area contributed by atoms with E-state index in [-0.39, 0.29) is 0 Å². The molecule has 0 aliphatic rings. The number of carbonyl (C=O) groups is 1. The van der Waals surface area contributed by atoms with Crippen LogP contribution in [-0.2, 0) is 11.3 Å². The molecule has 0 aliphatic carbocycles. The highest BCUT2D eigenvalue weighted by atomic mass is 19.2. The van der Waals surface area contributed by atoms with E-state index in [4.69, 9.17) is 0 Å². The summed E-state index contributed by atoms with van der Waals surface area (Å²) in [6.07, 6.45) is 0. The van der Waals surface area contributed by atoms with Gasteiger partial charge in [-0.2, -0.15) is 0 Å². The summed E-state index contributed by atoms with van der Waals surface area (Å²) in [6.45, 7) is -1.34. The molecule has 128 valence electrons. The lowest BCUT2D eigenvalue weighted by Gasteiger charge is -2.10. The summed E-state index contributed by atoms with van der Waals surface area (Å²) in [5.41, 5.74) is -3.05. The molecule has 0 bridgehead atoms. The van der Waals surface area contributed by atoms with Crippen LogP contribution >= 0.6 is 0 Å². The zero-order valence-corrected chi connectivity index (χ0v) is 11.2. The zero-order valence-electron chi connectivity index (χ0n) is 11.2. The lowest BCUT2D eigenvalue weighted by Crippen LogP contribution is -2.16. The first-order valence-electron chi connectivity index (χ1n) is 5.97. The number of carbonyl (C=O) groups excluding carboxylic acids is 1. The predicted octanol–water partition coefficient (Wildman–Crippen LogP) is 4.16. The fraction of sp³-hybridized carbons (Fsp3) is 0.0714. The van der Waals surface area contributed by atoms with Gasteiger partial charge in [0.25, 0.3) is 0 Å². The second-order valence-electron chi connectivity index (χ2n) is 4.34. The highest BCUT2D eigenvalue weighted by molar-refractivity contribution is 5.90. The van der Waals surface area contributed by atoms with Crippen LogP contribution in [0.5, 0.6) is 0 Å². The Morgan fingerprint density at radius 1 is 0.708 bits per heavy atom. The maximum Gasteiger partial charge on any atom is 0.344 e. The molecule has 0 aliphatic heterocycles. The minimum absolute atomic E-state index is 0.431. The van der Waals surface area contributed by atoms with Gasteiger partial charge in [0.05, 0.1) is 5.56 Å². The molecule has 0 saturated carbocycles. The summed E-state index contributed by atoms with van der Waals surface area (Å²) in [4.78, 5) is 11.5. The summed E-state index contributed by atoms with van der Waals surface area (Å²) < 4.78 is 109. The number of benzene rings is 2. The molecule has 0 aromatic heterocycles. The van der Waals surface area contributed by atoms with E-state index in [0.29, 0.717) is 12.1 Å². The Morgan fingerprint density at radius 3 is 1.71 bits per heavy atom. The smallest absolute Gasteiger partial charge is 0.344 e. The van der Waals surface area contributed by atoms with Crippen molar-refractivity contribution in [3.05, 3.63) is 69.8 Å². The highest BCUT2D eigenvalue weighted by Gasteiger charge is 2.31. The number of esters is 1. The van der Waals surface area contributed by atoms with Gasteiger partial charge < -0.3 is 4.74 Å². The molecule has 10 heteroatoms. The molecular formula is C14H4F8O2. The number of hydrogen-bond acceptors (Lipinski definition) is 2. The van der Waals surface area contributed by atoms with E-state index in [1.54, 1.807) is 0 Å². The van der Waals surface area contributed by atoms with Gasteiger partial charge in [-0.25, -0.2) is 39.9 Å². The summed E-state index contributed by atoms with van der Waals surface area (Å²) >= 11 is 0. The van der Waals surface area contributed by atoms with Crippen LogP contribution in [0.25, 0.3) is 0 Å². The Hall–Kier alpha value is -2.65. The molecule has 24 heavy (non-hydrogen) atoms. The van der Waals surface area contributed by atoms with Crippen LogP contribution in [0.2, 0.25) is 0 Å². The van der Waals surface area contributed by atoms with Crippen LogP contribution in [0.4, 0.5) is 35.1 Å². The van der Waals surface area contributed by atoms with E-state index in [1.165, 1.54) is 0 Å². The Morgan fingerprint density at radius 2 is 1.17 bits per heavy atom. The van der Waals surface area contributed by atoms with Crippen molar-refractivity contribution in [1.82, 2.24) is 0 Å². The Bertz CT molecular complexity index is 805. The molecule has 0 radical (unpaired) electrons. The topological polar surface area (TPSA) is 26.3 Å². The number of rotatable bonds is 3. The van der Waals surface area contributed by atoms with Gasteiger partial charge in [0.1, 0.15) is 18.0 Å². The lowest BCUT2D eigenvalue weighted by molar-refractivity contribution is 0.0449. The van der Waals surface area contributed by atoms with Crippen LogP contribution in [-0.4, -0.2) is 5.97 Å². The van der Waals surface area contributed by atoms with Crippen LogP contribution in [0, 0.1) is 46.5 Å². The fourth-order valence-electron chi connectivity index (χ4n) is 1.70. The van der Waals surface area contributed by atoms with E-state index >= 15 is 0 Å². The third-order valence-corrected chi connectivity index (χ3v) is 2.90.